The molecule has 0 heteroatoms. The molecule has 0 nitrogen and oxygen atoms in total. The normalized spacial score (nSPS) is 13.5. The van der Waals surface area contributed by atoms with Gasteiger partial charge in [0.2, 0.25) is 0 Å². The first-order valence-electron chi connectivity index (χ1n) is 13.5. The monoisotopic (exact) mass is 458 g/mol. The SMILES string of the molecule is CCCCc1ccccc1C1(c2ccccc2CCCC)c2cc(C)ccc2-c2ccc(C)cc21. The molecule has 1 aliphatic carbocycles. The lowest BCUT2D eigenvalue weighted by Gasteiger charge is -2.37. The summed E-state index contributed by atoms with van der Waals surface area (Å²) in [6.45, 7) is 9.08. The molecular weight excluding hydrogens is 420 g/mol. The Balaban J connectivity index is 1.94. The van der Waals surface area contributed by atoms with Crippen molar-refractivity contribution in [2.45, 2.75) is 71.6 Å². The maximum Gasteiger partial charge on any atom is 0.0719 e. The van der Waals surface area contributed by atoms with Crippen molar-refractivity contribution in [1.82, 2.24) is 0 Å². The van der Waals surface area contributed by atoms with E-state index in [9.17, 15) is 0 Å². The van der Waals surface area contributed by atoms with Gasteiger partial charge in [-0.2, -0.15) is 0 Å². The van der Waals surface area contributed by atoms with Crippen molar-refractivity contribution in [2.75, 3.05) is 0 Å². The highest BCUT2D eigenvalue weighted by Gasteiger charge is 2.47. The van der Waals surface area contributed by atoms with Crippen LogP contribution in [0.2, 0.25) is 0 Å². The van der Waals surface area contributed by atoms with Crippen LogP contribution in [0.25, 0.3) is 11.1 Å². The molecule has 0 fully saturated rings. The molecule has 0 unspecified atom stereocenters. The Morgan fingerprint density at radius 2 is 0.943 bits per heavy atom. The van der Waals surface area contributed by atoms with E-state index in [2.05, 4.69) is 113 Å². The average molecular weight is 459 g/mol. The second kappa shape index (κ2) is 9.86. The fraction of sp³-hybridized carbons (Fsp3) is 0.314. The lowest BCUT2D eigenvalue weighted by Crippen LogP contribution is -2.31. The molecule has 5 rings (SSSR count). The van der Waals surface area contributed by atoms with Crippen molar-refractivity contribution < 1.29 is 0 Å². The molecule has 0 bridgehead atoms. The number of hydrogen-bond acceptors (Lipinski definition) is 0. The van der Waals surface area contributed by atoms with E-state index in [1.807, 2.05) is 0 Å². The Hall–Kier alpha value is -3.12. The molecule has 0 heterocycles. The van der Waals surface area contributed by atoms with Crippen LogP contribution in [-0.4, -0.2) is 0 Å². The van der Waals surface area contributed by atoms with E-state index in [0.717, 1.165) is 12.8 Å². The Labute approximate surface area is 212 Å². The summed E-state index contributed by atoms with van der Waals surface area (Å²) in [5.74, 6) is 0. The molecule has 0 aromatic heterocycles. The van der Waals surface area contributed by atoms with E-state index in [4.69, 9.17) is 0 Å². The van der Waals surface area contributed by atoms with E-state index in [-0.39, 0.29) is 5.41 Å². The lowest BCUT2D eigenvalue weighted by atomic mass is 9.64. The number of hydrogen-bond donors (Lipinski definition) is 0. The number of rotatable bonds is 8. The number of unbranched alkanes of at least 4 members (excludes halogenated alkanes) is 2. The summed E-state index contributed by atoms with van der Waals surface area (Å²) in [4.78, 5) is 0. The summed E-state index contributed by atoms with van der Waals surface area (Å²) in [5.41, 5.74) is 14.0. The molecular formula is C35H38. The van der Waals surface area contributed by atoms with E-state index in [0.29, 0.717) is 0 Å². The van der Waals surface area contributed by atoms with Gasteiger partial charge in [-0.15, -0.1) is 0 Å². The molecule has 4 aromatic rings. The second-order valence-corrected chi connectivity index (χ2v) is 10.4. The second-order valence-electron chi connectivity index (χ2n) is 10.4. The minimum atomic E-state index is -0.294. The van der Waals surface area contributed by atoms with Gasteiger partial charge in [-0.1, -0.05) is 123 Å². The van der Waals surface area contributed by atoms with Crippen LogP contribution in [0.3, 0.4) is 0 Å². The Kier molecular flexibility index (Phi) is 6.65. The first-order chi connectivity index (χ1) is 17.1. The third kappa shape index (κ3) is 3.94. The Morgan fingerprint density at radius 3 is 1.37 bits per heavy atom. The summed E-state index contributed by atoms with van der Waals surface area (Å²) >= 11 is 0. The van der Waals surface area contributed by atoms with Crippen LogP contribution in [0.15, 0.2) is 84.9 Å². The molecule has 178 valence electrons. The highest BCUT2D eigenvalue weighted by Crippen LogP contribution is 2.58. The summed E-state index contributed by atoms with van der Waals surface area (Å²) < 4.78 is 0. The predicted octanol–water partition coefficient (Wildman–Crippen LogP) is 9.35. The number of benzene rings is 4. The topological polar surface area (TPSA) is 0 Å². The van der Waals surface area contributed by atoms with Gasteiger partial charge in [0.05, 0.1) is 5.41 Å². The molecule has 0 spiro atoms. The van der Waals surface area contributed by atoms with Gasteiger partial charge < -0.3 is 0 Å². The minimum Gasteiger partial charge on any atom is -0.0654 e. The van der Waals surface area contributed by atoms with E-state index in [1.165, 1.54) is 81.3 Å². The molecule has 0 saturated heterocycles. The van der Waals surface area contributed by atoms with Crippen LogP contribution in [0.5, 0.6) is 0 Å². The van der Waals surface area contributed by atoms with Gasteiger partial charge >= 0.3 is 0 Å². The molecule has 35 heavy (non-hydrogen) atoms. The molecule has 0 atom stereocenters. The maximum atomic E-state index is 2.47. The Morgan fingerprint density at radius 1 is 0.514 bits per heavy atom. The van der Waals surface area contributed by atoms with Crippen molar-refractivity contribution in [1.29, 1.82) is 0 Å². The number of aryl methyl sites for hydroxylation is 4. The molecule has 0 amide bonds. The standard InChI is InChI=1S/C35H38/c1-5-7-13-27-15-9-11-17-31(27)35(32-18-12-10-16-28(32)14-8-6-2)33-23-25(3)19-21-29(33)30-22-20-26(4)24-34(30)35/h9-12,15-24H,5-8,13-14H2,1-4H3. The van der Waals surface area contributed by atoms with E-state index >= 15 is 0 Å². The van der Waals surface area contributed by atoms with Gasteiger partial charge in [-0.25, -0.2) is 0 Å². The van der Waals surface area contributed by atoms with Crippen LogP contribution in [0.4, 0.5) is 0 Å². The zero-order chi connectivity index (χ0) is 24.4. The van der Waals surface area contributed by atoms with Gasteiger partial charge in [0, 0.05) is 0 Å². The maximum absolute atomic E-state index is 2.47. The lowest BCUT2D eigenvalue weighted by molar-refractivity contribution is 0.706. The van der Waals surface area contributed by atoms with Gasteiger partial charge in [-0.05, 0) is 84.0 Å². The summed E-state index contributed by atoms with van der Waals surface area (Å²) in [5, 5.41) is 0. The molecule has 0 aliphatic heterocycles. The summed E-state index contributed by atoms with van der Waals surface area (Å²) in [7, 11) is 0. The third-order valence-electron chi connectivity index (χ3n) is 7.89. The van der Waals surface area contributed by atoms with Crippen LogP contribution in [0.1, 0.15) is 84.0 Å². The summed E-state index contributed by atoms with van der Waals surface area (Å²) in [6, 6.07) is 32.8. The fourth-order valence-electron chi connectivity index (χ4n) is 6.22. The minimum absolute atomic E-state index is 0.294. The largest absolute Gasteiger partial charge is 0.0719 e. The fourth-order valence-corrected chi connectivity index (χ4v) is 6.22. The van der Waals surface area contributed by atoms with Crippen molar-refractivity contribution >= 4 is 0 Å². The van der Waals surface area contributed by atoms with Gasteiger partial charge in [0.1, 0.15) is 0 Å². The van der Waals surface area contributed by atoms with Gasteiger partial charge in [-0.3, -0.25) is 0 Å². The van der Waals surface area contributed by atoms with Gasteiger partial charge in [0.15, 0.2) is 0 Å². The van der Waals surface area contributed by atoms with Gasteiger partial charge in [0.25, 0.3) is 0 Å². The smallest absolute Gasteiger partial charge is 0.0654 e. The third-order valence-corrected chi connectivity index (χ3v) is 7.89. The molecule has 1 aliphatic rings. The molecule has 0 N–H and O–H groups in total. The van der Waals surface area contributed by atoms with Crippen LogP contribution in [-0.2, 0) is 18.3 Å². The van der Waals surface area contributed by atoms with E-state index < -0.39 is 0 Å². The first kappa shape index (κ1) is 23.6. The van der Waals surface area contributed by atoms with E-state index in [1.54, 1.807) is 0 Å². The van der Waals surface area contributed by atoms with Crippen LogP contribution < -0.4 is 0 Å². The molecule has 0 saturated carbocycles. The molecule has 0 radical (unpaired) electrons. The van der Waals surface area contributed by atoms with Crippen molar-refractivity contribution in [3.63, 3.8) is 0 Å². The van der Waals surface area contributed by atoms with Crippen molar-refractivity contribution in [3.05, 3.63) is 129 Å². The number of fused-ring (bicyclic) bond motifs is 3. The quantitative estimate of drug-likeness (QED) is 0.217. The predicted molar refractivity (Wildman–Crippen MR) is 150 cm³/mol. The highest BCUT2D eigenvalue weighted by molar-refractivity contribution is 5.87. The molecule has 4 aromatic carbocycles. The zero-order valence-electron chi connectivity index (χ0n) is 21.8. The Bertz CT molecular complexity index is 1240. The van der Waals surface area contributed by atoms with Crippen LogP contribution >= 0.6 is 0 Å². The van der Waals surface area contributed by atoms with Crippen molar-refractivity contribution in [2.24, 2.45) is 0 Å². The first-order valence-corrected chi connectivity index (χ1v) is 13.5. The average Bonchev–Trinajstić information content (AvgIpc) is 3.15. The zero-order valence-corrected chi connectivity index (χ0v) is 21.8. The summed E-state index contributed by atoms with van der Waals surface area (Å²) in [6.07, 6.45) is 7.08. The van der Waals surface area contributed by atoms with Crippen LogP contribution in [0, 0.1) is 13.8 Å². The van der Waals surface area contributed by atoms with Crippen molar-refractivity contribution in [3.8, 4) is 11.1 Å². The highest BCUT2D eigenvalue weighted by atomic mass is 14.5.